The molecule has 9 heteroatoms. The monoisotopic (exact) mass is 417 g/mol. The summed E-state index contributed by atoms with van der Waals surface area (Å²) in [6.45, 7) is 4.81. The predicted octanol–water partition coefficient (Wildman–Crippen LogP) is 2.96. The number of carbonyl (C=O) groups excluding carboxylic acids is 1. The summed E-state index contributed by atoms with van der Waals surface area (Å²) in [4.78, 5) is 29.6. The summed E-state index contributed by atoms with van der Waals surface area (Å²) in [5.74, 6) is -1.51. The highest BCUT2D eigenvalue weighted by Crippen LogP contribution is 2.28. The fraction of sp³-hybridized carbons (Fsp3) is 0.524. The van der Waals surface area contributed by atoms with Crippen molar-refractivity contribution >= 4 is 17.5 Å². The van der Waals surface area contributed by atoms with Crippen LogP contribution in [0.2, 0.25) is 0 Å². The van der Waals surface area contributed by atoms with Gasteiger partial charge in [0.05, 0.1) is 18.1 Å². The second-order valence-corrected chi connectivity index (χ2v) is 8.29. The maximum Gasteiger partial charge on any atom is 0.278 e. The van der Waals surface area contributed by atoms with Crippen LogP contribution in [0, 0.1) is 11.8 Å². The molecule has 0 radical (unpaired) electrons. The minimum atomic E-state index is -2.91. The van der Waals surface area contributed by atoms with Gasteiger partial charge in [0.15, 0.2) is 6.61 Å². The van der Waals surface area contributed by atoms with E-state index in [0.717, 1.165) is 32.0 Å². The van der Waals surface area contributed by atoms with Gasteiger partial charge in [-0.15, -0.1) is 0 Å². The van der Waals surface area contributed by atoms with Crippen LogP contribution in [-0.4, -0.2) is 53.0 Å². The third-order valence-electron chi connectivity index (χ3n) is 5.35. The highest BCUT2D eigenvalue weighted by atomic mass is 19.3. The molecule has 0 aromatic carbocycles. The van der Waals surface area contributed by atoms with Crippen LogP contribution in [0.4, 0.5) is 20.4 Å². The van der Waals surface area contributed by atoms with E-state index in [1.165, 1.54) is 0 Å². The van der Waals surface area contributed by atoms with Crippen molar-refractivity contribution in [1.82, 2.24) is 15.0 Å². The molecule has 7 nitrogen and oxygen atoms in total. The van der Waals surface area contributed by atoms with Gasteiger partial charge in [-0.25, -0.2) is 23.7 Å². The van der Waals surface area contributed by atoms with Gasteiger partial charge < -0.3 is 14.5 Å². The summed E-state index contributed by atoms with van der Waals surface area (Å²) >= 11 is 0. The van der Waals surface area contributed by atoms with Crippen LogP contribution < -0.4 is 14.5 Å². The largest absolute Gasteiger partial charge is 0.471 e. The van der Waals surface area contributed by atoms with Gasteiger partial charge >= 0.3 is 0 Å². The molecule has 2 aliphatic rings. The van der Waals surface area contributed by atoms with Crippen molar-refractivity contribution in [2.45, 2.75) is 32.6 Å². The zero-order chi connectivity index (χ0) is 21.3. The van der Waals surface area contributed by atoms with Crippen molar-refractivity contribution in [2.75, 3.05) is 36.0 Å². The lowest BCUT2D eigenvalue weighted by Crippen LogP contribution is -2.46. The van der Waals surface area contributed by atoms with Crippen molar-refractivity contribution in [3.05, 3.63) is 36.3 Å². The normalized spacial score (nSPS) is 19.9. The van der Waals surface area contributed by atoms with Crippen LogP contribution in [0.15, 0.2) is 30.7 Å². The van der Waals surface area contributed by atoms with Crippen molar-refractivity contribution < 1.29 is 18.3 Å². The van der Waals surface area contributed by atoms with Gasteiger partial charge in [-0.2, -0.15) is 0 Å². The first kappa shape index (κ1) is 20.4. The lowest BCUT2D eigenvalue weighted by atomic mass is 9.99. The molecule has 0 aliphatic carbocycles. The van der Waals surface area contributed by atoms with Crippen molar-refractivity contribution in [2.24, 2.45) is 11.8 Å². The van der Waals surface area contributed by atoms with Crippen LogP contribution in [0.5, 0.6) is 5.88 Å². The molecule has 4 rings (SSSR count). The third kappa shape index (κ3) is 4.66. The Morgan fingerprint density at radius 3 is 2.50 bits per heavy atom. The Balaban J connectivity index is 1.33. The Morgan fingerprint density at radius 2 is 1.90 bits per heavy atom. The number of amides is 1. The number of ether oxygens (including phenoxy) is 1. The van der Waals surface area contributed by atoms with Crippen molar-refractivity contribution in [3.8, 4) is 5.88 Å². The summed E-state index contributed by atoms with van der Waals surface area (Å²) in [6.07, 6.45) is 6.26. The number of hydrogen-bond donors (Lipinski definition) is 0. The number of alkyl halides is 2. The molecule has 2 aliphatic heterocycles. The molecule has 160 valence electrons. The van der Waals surface area contributed by atoms with E-state index >= 15 is 0 Å². The molecule has 0 bridgehead atoms. The maximum absolute atomic E-state index is 12.9. The quantitative estimate of drug-likeness (QED) is 0.690. The topological polar surface area (TPSA) is 71.5 Å². The summed E-state index contributed by atoms with van der Waals surface area (Å²) < 4.78 is 30.7. The van der Waals surface area contributed by atoms with E-state index in [9.17, 15) is 13.6 Å². The molecule has 2 saturated heterocycles. The molecule has 2 aromatic rings. The van der Waals surface area contributed by atoms with Crippen LogP contribution in [0.1, 0.15) is 25.8 Å². The van der Waals surface area contributed by atoms with Crippen LogP contribution in [0.3, 0.4) is 0 Å². The zero-order valence-electron chi connectivity index (χ0n) is 17.1. The summed E-state index contributed by atoms with van der Waals surface area (Å²) in [6, 6.07) is 3.32. The fourth-order valence-electron chi connectivity index (χ4n) is 3.77. The number of pyridine rings is 1. The smallest absolute Gasteiger partial charge is 0.278 e. The molecule has 0 N–H and O–H groups in total. The molecule has 4 heterocycles. The molecular weight excluding hydrogens is 392 g/mol. The van der Waals surface area contributed by atoms with Gasteiger partial charge in [0, 0.05) is 44.7 Å². The Bertz CT molecular complexity index is 880. The van der Waals surface area contributed by atoms with Gasteiger partial charge in [0.25, 0.3) is 5.92 Å². The minimum absolute atomic E-state index is 0.0369. The Morgan fingerprint density at radius 1 is 1.17 bits per heavy atom. The number of rotatable bonds is 7. The summed E-state index contributed by atoms with van der Waals surface area (Å²) in [5, 5.41) is 0. The molecule has 1 amide bonds. The number of anilines is 2. The molecular formula is C21H25F2N5O2. The Kier molecular flexibility index (Phi) is 5.53. The maximum atomic E-state index is 12.9. The van der Waals surface area contributed by atoms with Gasteiger partial charge in [-0.3, -0.25) is 4.79 Å². The van der Waals surface area contributed by atoms with Gasteiger partial charge in [-0.05, 0) is 24.3 Å². The van der Waals surface area contributed by atoms with E-state index < -0.39 is 12.5 Å². The molecule has 30 heavy (non-hydrogen) atoms. The zero-order valence-corrected chi connectivity index (χ0v) is 17.1. The van der Waals surface area contributed by atoms with Crippen LogP contribution in [0.25, 0.3) is 0 Å². The van der Waals surface area contributed by atoms with E-state index in [1.807, 2.05) is 0 Å². The van der Waals surface area contributed by atoms with E-state index in [4.69, 9.17) is 4.74 Å². The first-order valence-corrected chi connectivity index (χ1v) is 10.1. The summed E-state index contributed by atoms with van der Waals surface area (Å²) in [5.41, 5.74) is 1.58. The molecule has 1 unspecified atom stereocenters. The lowest BCUT2D eigenvalue weighted by Gasteiger charge is -2.37. The third-order valence-corrected chi connectivity index (χ3v) is 5.35. The SMILES string of the molecule is CC1CN(c2ncc(N3CCC(Cc4ccc(OCC(C)(F)F)nc4)C3=O)cn2)C1. The second kappa shape index (κ2) is 8.12. The van der Waals surface area contributed by atoms with E-state index in [0.29, 0.717) is 30.5 Å². The summed E-state index contributed by atoms with van der Waals surface area (Å²) in [7, 11) is 0. The molecule has 0 spiro atoms. The number of aromatic nitrogens is 3. The lowest BCUT2D eigenvalue weighted by molar-refractivity contribution is -0.120. The minimum Gasteiger partial charge on any atom is -0.471 e. The average Bonchev–Trinajstić information content (AvgIpc) is 3.05. The predicted molar refractivity (Wildman–Crippen MR) is 108 cm³/mol. The highest BCUT2D eigenvalue weighted by Gasteiger charge is 2.33. The fourth-order valence-corrected chi connectivity index (χ4v) is 3.77. The Hall–Kier alpha value is -2.84. The van der Waals surface area contributed by atoms with Crippen molar-refractivity contribution in [3.63, 3.8) is 0 Å². The molecule has 2 aromatic heterocycles. The van der Waals surface area contributed by atoms with Gasteiger partial charge in [0.1, 0.15) is 0 Å². The Labute approximate surface area is 174 Å². The second-order valence-electron chi connectivity index (χ2n) is 8.29. The van der Waals surface area contributed by atoms with Gasteiger partial charge in [0.2, 0.25) is 17.7 Å². The highest BCUT2D eigenvalue weighted by molar-refractivity contribution is 5.97. The molecule has 0 saturated carbocycles. The first-order valence-electron chi connectivity index (χ1n) is 10.1. The van der Waals surface area contributed by atoms with E-state index in [-0.39, 0.29) is 17.7 Å². The standard InChI is InChI=1S/C21H25F2N5O2/c1-14-11-27(12-14)20-25-9-17(10-26-20)28-6-5-16(19(28)29)7-15-3-4-18(24-8-15)30-13-21(2,22)23/h3-4,8-10,14,16H,5-7,11-13H2,1-2H3. The van der Waals surface area contributed by atoms with Crippen LogP contribution in [-0.2, 0) is 11.2 Å². The van der Waals surface area contributed by atoms with E-state index in [2.05, 4.69) is 26.8 Å². The van der Waals surface area contributed by atoms with Crippen LogP contribution >= 0.6 is 0 Å². The van der Waals surface area contributed by atoms with Crippen molar-refractivity contribution in [1.29, 1.82) is 0 Å². The number of nitrogens with zero attached hydrogens (tertiary/aromatic N) is 5. The number of carbonyl (C=O) groups is 1. The number of hydrogen-bond acceptors (Lipinski definition) is 6. The molecule has 2 fully saturated rings. The average molecular weight is 417 g/mol. The molecule has 1 atom stereocenters. The number of halogens is 2. The first-order chi connectivity index (χ1) is 14.3. The van der Waals surface area contributed by atoms with E-state index in [1.54, 1.807) is 35.6 Å². The van der Waals surface area contributed by atoms with Gasteiger partial charge in [-0.1, -0.05) is 13.0 Å².